The number of nitrogens with zero attached hydrogens (tertiary/aromatic N) is 1. The van der Waals surface area contributed by atoms with Crippen molar-refractivity contribution < 1.29 is 19.1 Å². The van der Waals surface area contributed by atoms with E-state index in [4.69, 9.17) is 4.74 Å². The molecule has 0 aliphatic carbocycles. The van der Waals surface area contributed by atoms with Crippen molar-refractivity contribution in [2.45, 2.75) is 34.6 Å². The molecule has 2 amide bonds. The highest BCUT2D eigenvalue weighted by atomic mass is 32.1. The van der Waals surface area contributed by atoms with E-state index in [1.54, 1.807) is 24.8 Å². The Morgan fingerprint density at radius 3 is 2.27 bits per heavy atom. The normalized spacial score (nSPS) is 10.8. The predicted molar refractivity (Wildman–Crippen MR) is 121 cm³/mol. The van der Waals surface area contributed by atoms with Crippen LogP contribution in [0, 0.1) is 13.8 Å². The molecule has 1 aromatic carbocycles. The number of nitrogens with one attached hydrogen (secondary N) is 1. The summed E-state index contributed by atoms with van der Waals surface area (Å²) in [4.78, 5) is 40.0. The van der Waals surface area contributed by atoms with Gasteiger partial charge in [0.15, 0.2) is 0 Å². The molecule has 1 N–H and O–H groups in total. The second kappa shape index (κ2) is 10.7. The molecule has 0 bridgehead atoms. The number of carbonyl (C=O) groups excluding carboxylic acids is 3. The molecular formula is C23H28N2O4S. The van der Waals surface area contributed by atoms with E-state index in [-0.39, 0.29) is 24.0 Å². The number of benzene rings is 1. The Bertz CT molecular complexity index is 941. The molecule has 0 saturated carbocycles. The fourth-order valence-electron chi connectivity index (χ4n) is 2.91. The SMILES string of the molecule is CCOC(=O)c1c(NC(=O)C=Cc2ccc(C)cc2)sc(C(=O)N(CC)CC)c1C. The Labute approximate surface area is 181 Å². The smallest absolute Gasteiger partial charge is 0.341 e. The van der Waals surface area contributed by atoms with Gasteiger partial charge in [0.05, 0.1) is 17.0 Å². The van der Waals surface area contributed by atoms with E-state index < -0.39 is 5.97 Å². The zero-order valence-corrected chi connectivity index (χ0v) is 18.9. The van der Waals surface area contributed by atoms with Crippen LogP contribution in [0.5, 0.6) is 0 Å². The van der Waals surface area contributed by atoms with Crippen LogP contribution < -0.4 is 5.32 Å². The van der Waals surface area contributed by atoms with Gasteiger partial charge in [-0.25, -0.2) is 4.79 Å². The lowest BCUT2D eigenvalue weighted by molar-refractivity contribution is -0.111. The molecule has 30 heavy (non-hydrogen) atoms. The number of esters is 1. The number of hydrogen-bond donors (Lipinski definition) is 1. The van der Waals surface area contributed by atoms with Gasteiger partial charge in [-0.05, 0) is 51.8 Å². The van der Waals surface area contributed by atoms with Gasteiger partial charge in [-0.15, -0.1) is 11.3 Å². The van der Waals surface area contributed by atoms with Gasteiger partial charge in [-0.2, -0.15) is 0 Å². The molecule has 2 rings (SSSR count). The molecule has 0 radical (unpaired) electrons. The topological polar surface area (TPSA) is 75.7 Å². The second-order valence-electron chi connectivity index (χ2n) is 6.69. The minimum Gasteiger partial charge on any atom is -0.462 e. The fraction of sp³-hybridized carbons (Fsp3) is 0.348. The number of amides is 2. The van der Waals surface area contributed by atoms with Crippen LogP contribution in [0.1, 0.15) is 57.5 Å². The zero-order chi connectivity index (χ0) is 22.3. The van der Waals surface area contributed by atoms with E-state index in [1.807, 2.05) is 45.0 Å². The maximum Gasteiger partial charge on any atom is 0.341 e. The Hall–Kier alpha value is -2.93. The summed E-state index contributed by atoms with van der Waals surface area (Å²) in [6, 6.07) is 7.76. The van der Waals surface area contributed by atoms with Gasteiger partial charge < -0.3 is 15.0 Å². The first-order chi connectivity index (χ1) is 14.3. The number of ether oxygens (including phenoxy) is 1. The first-order valence-electron chi connectivity index (χ1n) is 9.97. The van der Waals surface area contributed by atoms with E-state index in [0.717, 1.165) is 22.5 Å². The second-order valence-corrected chi connectivity index (χ2v) is 7.71. The molecule has 0 aliphatic heterocycles. The lowest BCUT2D eigenvalue weighted by Gasteiger charge is -2.18. The molecule has 0 fully saturated rings. The summed E-state index contributed by atoms with van der Waals surface area (Å²) in [7, 11) is 0. The number of thiophene rings is 1. The van der Waals surface area contributed by atoms with Crippen LogP contribution in [0.4, 0.5) is 5.00 Å². The van der Waals surface area contributed by atoms with E-state index >= 15 is 0 Å². The van der Waals surface area contributed by atoms with Crippen molar-refractivity contribution in [1.82, 2.24) is 4.90 Å². The molecule has 160 valence electrons. The van der Waals surface area contributed by atoms with Crippen molar-refractivity contribution >= 4 is 40.2 Å². The highest BCUT2D eigenvalue weighted by molar-refractivity contribution is 7.18. The number of hydrogen-bond acceptors (Lipinski definition) is 5. The minimum absolute atomic E-state index is 0.163. The molecule has 0 atom stereocenters. The monoisotopic (exact) mass is 428 g/mol. The lowest BCUT2D eigenvalue weighted by Crippen LogP contribution is -2.30. The fourth-order valence-corrected chi connectivity index (χ4v) is 4.08. The third-order valence-electron chi connectivity index (χ3n) is 4.61. The zero-order valence-electron chi connectivity index (χ0n) is 18.1. The molecule has 0 aliphatic rings. The highest BCUT2D eigenvalue weighted by Crippen LogP contribution is 2.34. The van der Waals surface area contributed by atoms with Crippen LogP contribution in [-0.2, 0) is 9.53 Å². The van der Waals surface area contributed by atoms with Crippen LogP contribution in [-0.4, -0.2) is 42.4 Å². The third-order valence-corrected chi connectivity index (χ3v) is 5.81. The standard InChI is InChI=1S/C23H28N2O4S/c1-6-25(7-2)22(27)20-16(5)19(23(28)29-8-3)21(30-20)24-18(26)14-13-17-11-9-15(4)10-12-17/h9-14H,6-8H2,1-5H3,(H,24,26). The summed E-state index contributed by atoms with van der Waals surface area (Å²) < 4.78 is 5.15. The Morgan fingerprint density at radius 1 is 1.07 bits per heavy atom. The molecule has 2 aromatic rings. The van der Waals surface area contributed by atoms with Crippen LogP contribution in [0.3, 0.4) is 0 Å². The van der Waals surface area contributed by atoms with Crippen molar-refractivity contribution in [3.63, 3.8) is 0 Å². The summed E-state index contributed by atoms with van der Waals surface area (Å²) in [6.07, 6.45) is 3.10. The number of anilines is 1. The Kier molecular flexibility index (Phi) is 8.35. The molecule has 0 spiro atoms. The number of carbonyl (C=O) groups is 3. The summed E-state index contributed by atoms with van der Waals surface area (Å²) in [6.45, 7) is 10.5. The number of rotatable bonds is 8. The van der Waals surface area contributed by atoms with E-state index in [0.29, 0.717) is 28.5 Å². The number of aryl methyl sites for hydroxylation is 1. The van der Waals surface area contributed by atoms with Crippen LogP contribution in [0.15, 0.2) is 30.3 Å². The van der Waals surface area contributed by atoms with Crippen molar-refractivity contribution in [2.75, 3.05) is 25.0 Å². The molecule has 7 heteroatoms. The minimum atomic E-state index is -0.553. The molecule has 6 nitrogen and oxygen atoms in total. The van der Waals surface area contributed by atoms with Crippen LogP contribution in [0.25, 0.3) is 6.08 Å². The lowest BCUT2D eigenvalue weighted by atomic mass is 10.1. The summed E-state index contributed by atoms with van der Waals surface area (Å²) in [5, 5.41) is 3.06. The van der Waals surface area contributed by atoms with Gasteiger partial charge in [0.25, 0.3) is 5.91 Å². The van der Waals surface area contributed by atoms with Crippen LogP contribution >= 0.6 is 11.3 Å². The van der Waals surface area contributed by atoms with Gasteiger partial charge in [0.2, 0.25) is 5.91 Å². The van der Waals surface area contributed by atoms with Crippen molar-refractivity contribution in [3.05, 3.63) is 57.5 Å². The molecule has 1 aromatic heterocycles. The van der Waals surface area contributed by atoms with Gasteiger partial charge in [0.1, 0.15) is 5.00 Å². The maximum absolute atomic E-state index is 12.9. The Morgan fingerprint density at radius 2 is 1.70 bits per heavy atom. The third kappa shape index (κ3) is 5.57. The van der Waals surface area contributed by atoms with Crippen LogP contribution in [0.2, 0.25) is 0 Å². The average Bonchev–Trinajstić information content (AvgIpc) is 3.04. The highest BCUT2D eigenvalue weighted by Gasteiger charge is 2.27. The molecule has 0 saturated heterocycles. The van der Waals surface area contributed by atoms with Gasteiger partial charge in [0, 0.05) is 19.2 Å². The predicted octanol–water partition coefficient (Wildman–Crippen LogP) is 4.68. The maximum atomic E-state index is 12.9. The molecule has 1 heterocycles. The van der Waals surface area contributed by atoms with Crippen molar-refractivity contribution in [1.29, 1.82) is 0 Å². The largest absolute Gasteiger partial charge is 0.462 e. The van der Waals surface area contributed by atoms with Gasteiger partial charge >= 0.3 is 5.97 Å². The van der Waals surface area contributed by atoms with Gasteiger partial charge in [-0.1, -0.05) is 29.8 Å². The first-order valence-corrected chi connectivity index (χ1v) is 10.8. The summed E-state index contributed by atoms with van der Waals surface area (Å²) >= 11 is 1.10. The van der Waals surface area contributed by atoms with E-state index in [2.05, 4.69) is 5.32 Å². The molecule has 0 unspecified atom stereocenters. The average molecular weight is 429 g/mol. The van der Waals surface area contributed by atoms with Crippen molar-refractivity contribution in [2.24, 2.45) is 0 Å². The first kappa shape index (κ1) is 23.3. The van der Waals surface area contributed by atoms with Crippen molar-refractivity contribution in [3.8, 4) is 0 Å². The quantitative estimate of drug-likeness (QED) is 0.489. The van der Waals surface area contributed by atoms with E-state index in [9.17, 15) is 14.4 Å². The summed E-state index contributed by atoms with van der Waals surface area (Å²) in [5.74, 6) is -1.10. The Balaban J connectivity index is 2.33. The van der Waals surface area contributed by atoms with E-state index in [1.165, 1.54) is 6.08 Å². The molecular weight excluding hydrogens is 400 g/mol. The van der Waals surface area contributed by atoms with Gasteiger partial charge in [-0.3, -0.25) is 9.59 Å². The summed E-state index contributed by atoms with van der Waals surface area (Å²) in [5.41, 5.74) is 2.78.